The summed E-state index contributed by atoms with van der Waals surface area (Å²) < 4.78 is 12.7. The van der Waals surface area contributed by atoms with Gasteiger partial charge in [-0.15, -0.1) is 11.3 Å². The first-order chi connectivity index (χ1) is 15.7. The topological polar surface area (TPSA) is 72.9 Å². The molecule has 1 aromatic carbocycles. The van der Waals surface area contributed by atoms with Crippen LogP contribution in [0.15, 0.2) is 87.2 Å². The van der Waals surface area contributed by atoms with E-state index in [2.05, 4.69) is 10.1 Å². The average molecular weight is 465 g/mol. The Morgan fingerprint density at radius 3 is 2.84 bits per heavy atom. The predicted octanol–water partition coefficient (Wildman–Crippen LogP) is 5.01. The first-order valence-electron chi connectivity index (χ1n) is 10.0. The fourth-order valence-electron chi connectivity index (χ4n) is 3.56. The van der Waals surface area contributed by atoms with Crippen LogP contribution in [0.25, 0.3) is 5.69 Å². The fraction of sp³-hybridized carbons (Fsp3) is 0.174. The summed E-state index contributed by atoms with van der Waals surface area (Å²) in [4.78, 5) is 18.7. The third-order valence-electron chi connectivity index (χ3n) is 5.13. The van der Waals surface area contributed by atoms with Gasteiger partial charge in [-0.2, -0.15) is 5.10 Å². The van der Waals surface area contributed by atoms with E-state index < -0.39 is 0 Å². The van der Waals surface area contributed by atoms with Gasteiger partial charge in [0.1, 0.15) is 17.2 Å². The molecule has 0 aliphatic carbocycles. The number of rotatable bonds is 7. The second-order valence-electron chi connectivity index (χ2n) is 7.06. The molecule has 1 unspecified atom stereocenters. The highest BCUT2D eigenvalue weighted by atomic mass is 32.2. The number of hydrogen-bond donors (Lipinski definition) is 0. The minimum absolute atomic E-state index is 0.0702. The minimum atomic E-state index is -0.121. The molecule has 0 saturated heterocycles. The number of hydrazone groups is 1. The van der Waals surface area contributed by atoms with E-state index in [1.165, 1.54) is 11.8 Å². The number of thiophene rings is 1. The van der Waals surface area contributed by atoms with E-state index in [1.807, 2.05) is 64.7 Å². The first-order valence-corrected chi connectivity index (χ1v) is 11.9. The highest BCUT2D eigenvalue weighted by molar-refractivity contribution is 7.99. The quantitative estimate of drug-likeness (QED) is 0.360. The van der Waals surface area contributed by atoms with E-state index in [0.717, 1.165) is 27.2 Å². The van der Waals surface area contributed by atoms with E-state index in [-0.39, 0.29) is 17.7 Å². The minimum Gasteiger partial charge on any atom is -0.497 e. The molecule has 0 radical (unpaired) electrons. The van der Waals surface area contributed by atoms with Crippen molar-refractivity contribution in [2.75, 3.05) is 12.9 Å². The summed E-state index contributed by atoms with van der Waals surface area (Å²) in [6.07, 6.45) is 5.86. The normalized spacial score (nSPS) is 15.7. The number of carbonyl (C=O) groups is 1. The van der Waals surface area contributed by atoms with Crippen LogP contribution in [0.3, 0.4) is 0 Å². The van der Waals surface area contributed by atoms with Crippen molar-refractivity contribution in [3.63, 3.8) is 0 Å². The number of ether oxygens (including phenoxy) is 1. The number of furan rings is 1. The molecule has 0 spiro atoms. The van der Waals surface area contributed by atoms with Gasteiger partial charge in [0.05, 0.1) is 25.2 Å². The van der Waals surface area contributed by atoms with E-state index >= 15 is 0 Å². The molecule has 0 bridgehead atoms. The van der Waals surface area contributed by atoms with Crippen LogP contribution in [0.2, 0.25) is 0 Å². The van der Waals surface area contributed by atoms with Gasteiger partial charge in [-0.25, -0.2) is 9.99 Å². The molecular formula is C23H20N4O3S2. The van der Waals surface area contributed by atoms with Crippen molar-refractivity contribution in [1.82, 2.24) is 14.6 Å². The molecule has 0 saturated carbocycles. The third-order valence-corrected chi connectivity index (χ3v) is 7.05. The first kappa shape index (κ1) is 20.6. The summed E-state index contributed by atoms with van der Waals surface area (Å²) >= 11 is 3.02. The average Bonchev–Trinajstić information content (AvgIpc) is 3.63. The number of carbonyl (C=O) groups excluding carboxylic acids is 1. The molecule has 3 aromatic heterocycles. The molecular weight excluding hydrogens is 444 g/mol. The maximum absolute atomic E-state index is 13.2. The van der Waals surface area contributed by atoms with Crippen LogP contribution in [-0.4, -0.2) is 39.0 Å². The summed E-state index contributed by atoms with van der Waals surface area (Å²) in [7, 11) is 1.64. The zero-order chi connectivity index (χ0) is 21.9. The van der Waals surface area contributed by atoms with Crippen LogP contribution < -0.4 is 4.74 Å². The van der Waals surface area contributed by atoms with Gasteiger partial charge in [-0.3, -0.25) is 9.36 Å². The van der Waals surface area contributed by atoms with Crippen molar-refractivity contribution < 1.29 is 13.9 Å². The molecule has 162 valence electrons. The van der Waals surface area contributed by atoms with Gasteiger partial charge >= 0.3 is 0 Å². The van der Waals surface area contributed by atoms with E-state index in [9.17, 15) is 4.79 Å². The molecule has 1 aliphatic rings. The third kappa shape index (κ3) is 4.09. The smallest absolute Gasteiger partial charge is 0.253 e. The Morgan fingerprint density at radius 2 is 2.12 bits per heavy atom. The zero-order valence-electron chi connectivity index (χ0n) is 17.2. The molecule has 0 N–H and O–H groups in total. The number of nitrogens with zero attached hydrogens (tertiary/aromatic N) is 4. The Labute approximate surface area is 193 Å². The Morgan fingerprint density at radius 1 is 1.25 bits per heavy atom. The number of thioether (sulfide) groups is 1. The molecule has 1 amide bonds. The second-order valence-corrected chi connectivity index (χ2v) is 8.99. The lowest BCUT2D eigenvalue weighted by Crippen LogP contribution is -2.28. The molecule has 4 aromatic rings. The number of aromatic nitrogens is 2. The number of amides is 1. The van der Waals surface area contributed by atoms with E-state index in [0.29, 0.717) is 12.2 Å². The number of benzene rings is 1. The monoisotopic (exact) mass is 464 g/mol. The summed E-state index contributed by atoms with van der Waals surface area (Å²) in [5.74, 6) is 1.64. The van der Waals surface area contributed by atoms with Gasteiger partial charge in [-0.05, 0) is 47.8 Å². The molecule has 32 heavy (non-hydrogen) atoms. The summed E-state index contributed by atoms with van der Waals surface area (Å²) in [6, 6.07) is 15.3. The standard InChI is InChI=1S/C23H20N4O3S2/c1-29-17-8-6-16(7-9-17)26-11-10-24-23(26)32-15-22(28)27-19(21-5-3-13-31-21)14-18(25-27)20-4-2-12-30-20/h2-13,19H,14-15H2,1H3. The van der Waals surface area contributed by atoms with Crippen molar-refractivity contribution in [2.45, 2.75) is 17.6 Å². The van der Waals surface area contributed by atoms with Crippen LogP contribution in [0.5, 0.6) is 5.75 Å². The zero-order valence-corrected chi connectivity index (χ0v) is 18.9. The van der Waals surface area contributed by atoms with Crippen LogP contribution >= 0.6 is 23.1 Å². The lowest BCUT2D eigenvalue weighted by atomic mass is 10.1. The Kier molecular flexibility index (Phi) is 5.83. The molecule has 5 rings (SSSR count). The Hall–Kier alpha value is -3.30. The highest BCUT2D eigenvalue weighted by Crippen LogP contribution is 2.36. The number of imidazole rings is 1. The molecule has 0 fully saturated rings. The van der Waals surface area contributed by atoms with Gasteiger partial charge < -0.3 is 9.15 Å². The van der Waals surface area contributed by atoms with Crippen LogP contribution in [0, 0.1) is 0 Å². The van der Waals surface area contributed by atoms with Crippen LogP contribution in [-0.2, 0) is 4.79 Å². The molecule has 7 nitrogen and oxygen atoms in total. The Bertz CT molecular complexity index is 1210. The summed E-state index contributed by atoms with van der Waals surface area (Å²) in [5, 5.41) is 8.98. The van der Waals surface area contributed by atoms with Gasteiger partial charge in [0.15, 0.2) is 5.16 Å². The highest BCUT2D eigenvalue weighted by Gasteiger charge is 2.34. The van der Waals surface area contributed by atoms with Crippen molar-refractivity contribution in [2.24, 2.45) is 5.10 Å². The lowest BCUT2D eigenvalue weighted by molar-refractivity contribution is -0.130. The van der Waals surface area contributed by atoms with Crippen molar-refractivity contribution >= 4 is 34.7 Å². The number of hydrogen-bond acceptors (Lipinski definition) is 7. The maximum atomic E-state index is 13.2. The lowest BCUT2D eigenvalue weighted by Gasteiger charge is -2.20. The van der Waals surface area contributed by atoms with Gasteiger partial charge in [0.2, 0.25) is 0 Å². The maximum Gasteiger partial charge on any atom is 0.253 e. The van der Waals surface area contributed by atoms with Crippen molar-refractivity contribution in [1.29, 1.82) is 0 Å². The fourth-order valence-corrected chi connectivity index (χ4v) is 5.20. The van der Waals surface area contributed by atoms with Crippen molar-refractivity contribution in [3.05, 3.63) is 83.2 Å². The molecule has 9 heteroatoms. The second kappa shape index (κ2) is 9.05. The van der Waals surface area contributed by atoms with Crippen molar-refractivity contribution in [3.8, 4) is 11.4 Å². The number of methoxy groups -OCH3 is 1. The van der Waals surface area contributed by atoms with Gasteiger partial charge in [0, 0.05) is 29.4 Å². The van der Waals surface area contributed by atoms with Gasteiger partial charge in [0.25, 0.3) is 5.91 Å². The predicted molar refractivity (Wildman–Crippen MR) is 125 cm³/mol. The SMILES string of the molecule is COc1ccc(-n2ccnc2SCC(=O)N2N=C(c3ccco3)CC2c2cccs2)cc1. The molecule has 4 heterocycles. The van der Waals surface area contributed by atoms with E-state index in [1.54, 1.807) is 35.9 Å². The van der Waals surface area contributed by atoms with Gasteiger partial charge in [-0.1, -0.05) is 17.8 Å². The molecule has 1 atom stereocenters. The summed E-state index contributed by atoms with van der Waals surface area (Å²) in [6.45, 7) is 0. The van der Waals surface area contributed by atoms with Crippen LogP contribution in [0.1, 0.15) is 23.1 Å². The Balaban J connectivity index is 1.33. The summed E-state index contributed by atoms with van der Waals surface area (Å²) in [5.41, 5.74) is 1.74. The van der Waals surface area contributed by atoms with Crippen LogP contribution in [0.4, 0.5) is 0 Å². The largest absolute Gasteiger partial charge is 0.497 e. The van der Waals surface area contributed by atoms with E-state index in [4.69, 9.17) is 9.15 Å². The molecule has 1 aliphatic heterocycles.